The van der Waals surface area contributed by atoms with Gasteiger partial charge in [0.1, 0.15) is 17.1 Å². The number of imide groups is 1. The highest BCUT2D eigenvalue weighted by Gasteiger charge is 2.46. The van der Waals surface area contributed by atoms with Crippen LogP contribution in [-0.4, -0.2) is 146 Å². The van der Waals surface area contributed by atoms with E-state index in [2.05, 4.69) is 33.0 Å². The Morgan fingerprint density at radius 1 is 0.868 bits per heavy atom. The predicted octanol–water partition coefficient (Wildman–Crippen LogP) is 9.47. The van der Waals surface area contributed by atoms with Crippen LogP contribution < -0.4 is 24.6 Å². The van der Waals surface area contributed by atoms with E-state index in [0.717, 1.165) is 99.7 Å². The van der Waals surface area contributed by atoms with E-state index in [9.17, 15) is 19.5 Å². The second kappa shape index (κ2) is 21.6. The molecule has 2 saturated carbocycles. The molecule has 15 nitrogen and oxygen atoms in total. The lowest BCUT2D eigenvalue weighted by molar-refractivity contribution is -0.120. The third-order valence-electron chi connectivity index (χ3n) is 17.6. The second-order valence-electron chi connectivity index (χ2n) is 23.1. The number of carbonyl (C=O) groups excluding carboxylic acids is 3. The number of hydrogen-bond donors (Lipinski definition) is 2. The number of aromatic nitrogens is 2. The van der Waals surface area contributed by atoms with Gasteiger partial charge in [0.05, 0.1) is 22.9 Å². The van der Waals surface area contributed by atoms with Crippen LogP contribution in [0.1, 0.15) is 100 Å². The molecule has 0 unspecified atom stereocenters. The Balaban J connectivity index is 0.702. The minimum absolute atomic E-state index is 0.0164. The van der Waals surface area contributed by atoms with Crippen molar-refractivity contribution in [1.82, 2.24) is 30.0 Å². The number of aryl methyl sites for hydroxylation is 1. The number of hydrogen-bond acceptors (Lipinski definition) is 12. The Morgan fingerprint density at radius 2 is 1.64 bits per heavy atom. The number of methoxy groups -OCH3 is 1. The Bertz CT molecular complexity index is 3000. The van der Waals surface area contributed by atoms with Crippen LogP contribution in [0.3, 0.4) is 0 Å². The molecule has 4 aromatic carbocycles. The summed E-state index contributed by atoms with van der Waals surface area (Å²) in [6.07, 6.45) is 11.3. The smallest absolute Gasteiger partial charge is 0.328 e. The molecule has 5 aromatic rings. The highest BCUT2D eigenvalue weighted by atomic mass is 35.5. The number of urea groups is 1. The van der Waals surface area contributed by atoms with E-state index in [4.69, 9.17) is 35.8 Å². The van der Waals surface area contributed by atoms with Gasteiger partial charge in [-0.05, 0) is 147 Å². The fourth-order valence-electron chi connectivity index (χ4n) is 12.9. The summed E-state index contributed by atoms with van der Waals surface area (Å²) in [5.74, 6) is 1.01. The summed E-state index contributed by atoms with van der Waals surface area (Å²) < 4.78 is 35.2. The van der Waals surface area contributed by atoms with Gasteiger partial charge >= 0.3 is 12.0 Å². The number of amides is 4. The van der Waals surface area contributed by atoms with Gasteiger partial charge < -0.3 is 38.9 Å². The number of carbonyl (C=O) groups is 3. The summed E-state index contributed by atoms with van der Waals surface area (Å²) in [4.78, 5) is 58.5. The summed E-state index contributed by atoms with van der Waals surface area (Å²) in [5, 5.41) is 16.4. The molecule has 1 aromatic heterocycles. The Hall–Kier alpha value is -5.65. The first-order valence-corrected chi connectivity index (χ1v) is 28.0. The van der Waals surface area contributed by atoms with Crippen molar-refractivity contribution in [2.45, 2.75) is 96.5 Å². The van der Waals surface area contributed by atoms with Crippen molar-refractivity contribution in [2.24, 2.45) is 16.7 Å². The largest absolute Gasteiger partial charge is 0.468 e. The number of benzene rings is 4. The number of piperidine rings is 2. The molecule has 11 rings (SSSR count). The first-order chi connectivity index (χ1) is 36.7. The van der Waals surface area contributed by atoms with Gasteiger partial charge in [-0.2, -0.15) is 9.97 Å². The average Bonchev–Trinajstić information content (AvgIpc) is 4.22. The van der Waals surface area contributed by atoms with Crippen molar-refractivity contribution >= 4 is 62.6 Å². The highest BCUT2D eigenvalue weighted by molar-refractivity contribution is 6.34. The summed E-state index contributed by atoms with van der Waals surface area (Å²) in [7, 11) is 1.58. The number of aliphatic hydroxyl groups is 1. The molecule has 6 fully saturated rings. The van der Waals surface area contributed by atoms with Gasteiger partial charge in [0.15, 0.2) is 12.6 Å². The lowest BCUT2D eigenvalue weighted by atomic mass is 9.65. The van der Waals surface area contributed by atoms with Crippen LogP contribution in [0.4, 0.5) is 20.7 Å². The van der Waals surface area contributed by atoms with Gasteiger partial charge in [-0.3, -0.25) is 19.8 Å². The number of nitrogens with zero attached hydrogens (tertiary/aromatic N) is 7. The van der Waals surface area contributed by atoms with E-state index in [1.165, 1.54) is 30.6 Å². The molecule has 6 aliphatic rings. The minimum atomic E-state index is -0.909. The molecule has 4 aliphatic heterocycles. The molecule has 0 bridgehead atoms. The quantitative estimate of drug-likeness (QED) is 0.0961. The first kappa shape index (κ1) is 52.4. The molecule has 0 radical (unpaired) electrons. The number of β-amino-alcohol motifs (C(OH)–C–C–N with tert-alkyl or cyclic N) is 1. The molecule has 17 heteroatoms. The maximum absolute atomic E-state index is 17.5. The monoisotopic (exact) mass is 1060 g/mol. The maximum atomic E-state index is 17.5. The van der Waals surface area contributed by atoms with E-state index < -0.39 is 17.4 Å². The second-order valence-corrected chi connectivity index (χ2v) is 23.5. The highest BCUT2D eigenvalue weighted by Crippen LogP contribution is 2.49. The number of anilines is 2. The molecule has 5 heterocycles. The normalized spacial score (nSPS) is 22.4. The molecule has 1 spiro atoms. The number of nitrogens with one attached hydrogen (secondary N) is 1. The van der Waals surface area contributed by atoms with Gasteiger partial charge in [-0.15, -0.1) is 0 Å². The third-order valence-corrected chi connectivity index (χ3v) is 17.9. The number of halogens is 2. The van der Waals surface area contributed by atoms with Gasteiger partial charge in [-0.1, -0.05) is 42.8 Å². The summed E-state index contributed by atoms with van der Waals surface area (Å²) in [6.45, 7) is 13.3. The number of piperazine rings is 1. The average molecular weight is 1060 g/mol. The Labute approximate surface area is 450 Å². The zero-order valence-electron chi connectivity index (χ0n) is 44.3. The van der Waals surface area contributed by atoms with Gasteiger partial charge in [0.25, 0.3) is 5.91 Å². The molecular formula is C59H72ClFN8O7. The molecular weight excluding hydrogens is 987 g/mol. The number of likely N-dealkylation sites (tertiary alicyclic amines) is 1. The molecule has 4 amide bonds. The van der Waals surface area contributed by atoms with Crippen LogP contribution in [0.2, 0.25) is 5.02 Å². The van der Waals surface area contributed by atoms with Crippen LogP contribution in [0.5, 0.6) is 11.8 Å². The lowest BCUT2D eigenvalue weighted by Gasteiger charge is -2.47. The standard InChI is InChI=1S/C59H72ClFN8O7/c1-4-40-7-5-8-41-31-43(76-38-74-3)33-46(50(40)41)44-10-11-45-52(51(44)61)63-55(64-53(45)68-23-6-16-57(2,73)35-68)75-37-59(19-20-59)36-66-29-27-65(28-30-66)34-39-13-17-58(18-14-39)21-25-67(26-22-58)54(71)42-9-12-47(60)48(32-42)69-24-15-49(70)62-56(69)72/h5,7-12,31-33,39,73H,4,6,13-30,34-38H2,1-3H3,(H,62,70,72)/t57-/m1/s1. The van der Waals surface area contributed by atoms with Crippen LogP contribution in [0, 0.1) is 22.6 Å². The Morgan fingerprint density at radius 3 is 2.37 bits per heavy atom. The fourth-order valence-corrected chi connectivity index (χ4v) is 13.2. The molecule has 4 saturated heterocycles. The van der Waals surface area contributed by atoms with E-state index in [0.29, 0.717) is 83.9 Å². The fraction of sp³-hybridized carbons (Fsp3) is 0.542. The first-order valence-electron chi connectivity index (χ1n) is 27.6. The van der Waals surface area contributed by atoms with Crippen LogP contribution in [0.25, 0.3) is 32.8 Å². The van der Waals surface area contributed by atoms with E-state index in [1.807, 2.05) is 48.2 Å². The van der Waals surface area contributed by atoms with Crippen molar-refractivity contribution in [3.8, 4) is 22.9 Å². The summed E-state index contributed by atoms with van der Waals surface area (Å²) in [6, 6.07) is 18.4. The molecule has 2 N–H and O–H groups in total. The van der Waals surface area contributed by atoms with Crippen molar-refractivity contribution in [2.75, 3.05) is 102 Å². The predicted molar refractivity (Wildman–Crippen MR) is 293 cm³/mol. The Kier molecular flexibility index (Phi) is 14.9. The van der Waals surface area contributed by atoms with E-state index >= 15 is 4.39 Å². The molecule has 2 aliphatic carbocycles. The van der Waals surface area contributed by atoms with Crippen molar-refractivity contribution in [3.05, 3.63) is 82.6 Å². The minimum Gasteiger partial charge on any atom is -0.468 e. The summed E-state index contributed by atoms with van der Waals surface area (Å²) in [5.41, 5.74) is 2.73. The zero-order chi connectivity index (χ0) is 52.8. The van der Waals surface area contributed by atoms with Crippen molar-refractivity contribution < 1.29 is 38.1 Å². The summed E-state index contributed by atoms with van der Waals surface area (Å²) >= 11 is 6.47. The molecule has 76 heavy (non-hydrogen) atoms. The van der Waals surface area contributed by atoms with Gasteiger partial charge in [0, 0.05) is 107 Å². The van der Waals surface area contributed by atoms with Gasteiger partial charge in [0.2, 0.25) is 5.91 Å². The molecule has 404 valence electrons. The number of rotatable bonds is 15. The van der Waals surface area contributed by atoms with E-state index in [-0.39, 0.29) is 53.9 Å². The van der Waals surface area contributed by atoms with Crippen LogP contribution in [-0.2, 0) is 16.0 Å². The molecule has 1 atom stereocenters. The van der Waals surface area contributed by atoms with Crippen molar-refractivity contribution in [1.29, 1.82) is 0 Å². The van der Waals surface area contributed by atoms with Crippen LogP contribution >= 0.6 is 11.6 Å². The topological polar surface area (TPSA) is 153 Å². The number of ether oxygens (including phenoxy) is 3. The van der Waals surface area contributed by atoms with Crippen molar-refractivity contribution in [3.63, 3.8) is 0 Å². The zero-order valence-corrected chi connectivity index (χ0v) is 45.1. The van der Waals surface area contributed by atoms with E-state index in [1.54, 1.807) is 25.3 Å². The lowest BCUT2D eigenvalue weighted by Crippen LogP contribution is -2.50. The third kappa shape index (κ3) is 11.1. The number of fused-ring (bicyclic) bond motifs is 2. The van der Waals surface area contributed by atoms with Gasteiger partial charge in [-0.25, -0.2) is 9.18 Å². The van der Waals surface area contributed by atoms with Crippen LogP contribution in [0.15, 0.2) is 60.7 Å². The SMILES string of the molecule is CCc1cccc2cc(OCOC)cc(-c3ccc4c(N5CCC[C@@](C)(O)C5)nc(OCC5(CN6CCN(CC7CCC8(CC7)CCN(C(=O)c7ccc(Cl)c(N9CCC(=O)NC9=O)c7)CC8)CC6)CC5)nc4c3F)c12. The maximum Gasteiger partial charge on any atom is 0.328 e.